The van der Waals surface area contributed by atoms with E-state index in [1.54, 1.807) is 23.1 Å². The molecule has 0 radical (unpaired) electrons. The minimum Gasteiger partial charge on any atom is -0.301 e. The molecule has 0 saturated carbocycles. The quantitative estimate of drug-likeness (QED) is 0.616. The third-order valence-corrected chi connectivity index (χ3v) is 5.39. The number of hydrogen-bond acceptors (Lipinski definition) is 5. The molecule has 0 N–H and O–H groups in total. The molecule has 4 rings (SSSR count). The van der Waals surface area contributed by atoms with Crippen molar-refractivity contribution in [1.29, 1.82) is 0 Å². The lowest BCUT2D eigenvalue weighted by Gasteiger charge is -2.33. The van der Waals surface area contributed by atoms with Gasteiger partial charge in [-0.25, -0.2) is 9.07 Å². The van der Waals surface area contributed by atoms with Crippen molar-refractivity contribution in [3.8, 4) is 0 Å². The molecule has 2 heterocycles. The van der Waals surface area contributed by atoms with Crippen molar-refractivity contribution < 1.29 is 9.18 Å². The SMILES string of the molecule is O=C(c1ccc(F)cc1)C1CCN(CC(c2ccccc2)n2cnnn2)CC1. The number of likely N-dealkylation sites (tertiary alicyclic amines) is 1. The number of benzene rings is 2. The lowest BCUT2D eigenvalue weighted by Crippen LogP contribution is -2.40. The highest BCUT2D eigenvalue weighted by Crippen LogP contribution is 2.25. The van der Waals surface area contributed by atoms with E-state index in [-0.39, 0.29) is 23.6 Å². The monoisotopic (exact) mass is 379 g/mol. The largest absolute Gasteiger partial charge is 0.301 e. The Morgan fingerprint density at radius 3 is 2.43 bits per heavy atom. The van der Waals surface area contributed by atoms with Crippen LogP contribution >= 0.6 is 0 Å². The van der Waals surface area contributed by atoms with Gasteiger partial charge in [-0.15, -0.1) is 5.10 Å². The van der Waals surface area contributed by atoms with Crippen molar-refractivity contribution in [1.82, 2.24) is 25.1 Å². The predicted octanol–water partition coefficient (Wildman–Crippen LogP) is 3.00. The first-order valence-corrected chi connectivity index (χ1v) is 9.50. The summed E-state index contributed by atoms with van der Waals surface area (Å²) >= 11 is 0. The van der Waals surface area contributed by atoms with Gasteiger partial charge in [0.05, 0.1) is 6.04 Å². The van der Waals surface area contributed by atoms with Crippen LogP contribution < -0.4 is 0 Å². The van der Waals surface area contributed by atoms with Gasteiger partial charge in [0.25, 0.3) is 0 Å². The Kier molecular flexibility index (Phi) is 5.53. The van der Waals surface area contributed by atoms with Gasteiger partial charge in [0, 0.05) is 18.0 Å². The molecule has 6 nitrogen and oxygen atoms in total. The van der Waals surface area contributed by atoms with Gasteiger partial charge in [0.2, 0.25) is 0 Å². The summed E-state index contributed by atoms with van der Waals surface area (Å²) in [6.07, 6.45) is 3.24. The standard InChI is InChI=1S/C21H22FN5O/c22-19-8-6-17(7-9-19)21(28)18-10-12-26(13-11-18)14-20(27-15-23-24-25-27)16-4-2-1-3-5-16/h1-9,15,18,20H,10-14H2. The summed E-state index contributed by atoms with van der Waals surface area (Å²) in [7, 11) is 0. The Labute approximate surface area is 163 Å². The molecule has 2 aromatic carbocycles. The molecule has 1 saturated heterocycles. The Balaban J connectivity index is 1.40. The van der Waals surface area contributed by atoms with E-state index in [4.69, 9.17) is 0 Å². The molecule has 1 unspecified atom stereocenters. The summed E-state index contributed by atoms with van der Waals surface area (Å²) in [6, 6.07) is 16.1. The predicted molar refractivity (Wildman–Crippen MR) is 102 cm³/mol. The van der Waals surface area contributed by atoms with Gasteiger partial charge < -0.3 is 4.90 Å². The molecule has 7 heteroatoms. The maximum absolute atomic E-state index is 13.1. The molecule has 1 aromatic heterocycles. The second-order valence-electron chi connectivity index (χ2n) is 7.16. The normalized spacial score (nSPS) is 16.8. The highest BCUT2D eigenvalue weighted by Gasteiger charge is 2.28. The molecule has 3 aromatic rings. The summed E-state index contributed by atoms with van der Waals surface area (Å²) in [4.78, 5) is 15.0. The number of aromatic nitrogens is 4. The molecular formula is C21H22FN5O. The zero-order chi connectivity index (χ0) is 19.3. The highest BCUT2D eigenvalue weighted by molar-refractivity contribution is 5.97. The maximum Gasteiger partial charge on any atom is 0.166 e. The minimum atomic E-state index is -0.319. The maximum atomic E-state index is 13.1. The van der Waals surface area contributed by atoms with Gasteiger partial charge in [0.1, 0.15) is 12.1 Å². The lowest BCUT2D eigenvalue weighted by molar-refractivity contribution is 0.0830. The van der Waals surface area contributed by atoms with Crippen LogP contribution in [-0.2, 0) is 0 Å². The van der Waals surface area contributed by atoms with Crippen LogP contribution in [0.15, 0.2) is 60.9 Å². The third-order valence-electron chi connectivity index (χ3n) is 5.39. The average Bonchev–Trinajstić information content (AvgIpc) is 3.28. The van der Waals surface area contributed by atoms with Crippen molar-refractivity contribution in [2.45, 2.75) is 18.9 Å². The number of carbonyl (C=O) groups excluding carboxylic acids is 1. The van der Waals surface area contributed by atoms with Gasteiger partial charge >= 0.3 is 0 Å². The molecule has 1 aliphatic rings. The second kappa shape index (κ2) is 8.39. The van der Waals surface area contributed by atoms with Gasteiger partial charge in [0.15, 0.2) is 5.78 Å². The summed E-state index contributed by atoms with van der Waals surface area (Å²) in [6.45, 7) is 2.46. The van der Waals surface area contributed by atoms with Gasteiger partial charge in [-0.1, -0.05) is 30.3 Å². The zero-order valence-electron chi connectivity index (χ0n) is 15.5. The number of hydrogen-bond donors (Lipinski definition) is 0. The van der Waals surface area contributed by atoms with Crippen LogP contribution in [-0.4, -0.2) is 50.5 Å². The Hall–Kier alpha value is -2.93. The zero-order valence-corrected chi connectivity index (χ0v) is 15.5. The van der Waals surface area contributed by atoms with Crippen molar-refractivity contribution >= 4 is 5.78 Å². The van der Waals surface area contributed by atoms with E-state index in [0.717, 1.165) is 38.0 Å². The Morgan fingerprint density at radius 2 is 1.79 bits per heavy atom. The van der Waals surface area contributed by atoms with E-state index >= 15 is 0 Å². The topological polar surface area (TPSA) is 63.9 Å². The van der Waals surface area contributed by atoms with Gasteiger partial charge in [-0.05, 0) is 66.2 Å². The van der Waals surface area contributed by atoms with Crippen LogP contribution in [0.4, 0.5) is 4.39 Å². The third kappa shape index (κ3) is 4.14. The molecule has 0 aliphatic carbocycles. The fourth-order valence-corrected chi connectivity index (χ4v) is 3.80. The number of halogens is 1. The van der Waals surface area contributed by atoms with Gasteiger partial charge in [-0.3, -0.25) is 4.79 Å². The fourth-order valence-electron chi connectivity index (χ4n) is 3.80. The number of Topliss-reactive ketones (excluding diaryl/α,β-unsaturated/α-hetero) is 1. The van der Waals surface area contributed by atoms with E-state index < -0.39 is 0 Å². The number of tetrazole rings is 1. The van der Waals surface area contributed by atoms with Crippen LogP contribution in [0, 0.1) is 11.7 Å². The molecular weight excluding hydrogens is 357 g/mol. The van der Waals surface area contributed by atoms with Crippen LogP contribution in [0.1, 0.15) is 34.8 Å². The van der Waals surface area contributed by atoms with E-state index in [1.165, 1.54) is 12.1 Å². The van der Waals surface area contributed by atoms with Crippen LogP contribution in [0.25, 0.3) is 0 Å². The summed E-state index contributed by atoms with van der Waals surface area (Å²) < 4.78 is 14.9. The van der Waals surface area contributed by atoms with E-state index in [2.05, 4.69) is 32.6 Å². The van der Waals surface area contributed by atoms with Gasteiger partial charge in [-0.2, -0.15) is 0 Å². The second-order valence-corrected chi connectivity index (χ2v) is 7.16. The molecule has 1 fully saturated rings. The number of ketones is 1. The molecule has 0 spiro atoms. The van der Waals surface area contributed by atoms with Crippen LogP contribution in [0.3, 0.4) is 0 Å². The lowest BCUT2D eigenvalue weighted by atomic mass is 9.88. The molecule has 1 aliphatic heterocycles. The number of carbonyl (C=O) groups is 1. The van der Waals surface area contributed by atoms with E-state index in [1.807, 2.05) is 18.2 Å². The van der Waals surface area contributed by atoms with E-state index in [9.17, 15) is 9.18 Å². The van der Waals surface area contributed by atoms with E-state index in [0.29, 0.717) is 5.56 Å². The average molecular weight is 379 g/mol. The first-order valence-electron chi connectivity index (χ1n) is 9.50. The molecule has 28 heavy (non-hydrogen) atoms. The first-order chi connectivity index (χ1) is 13.7. The molecule has 0 amide bonds. The molecule has 0 bridgehead atoms. The Bertz CT molecular complexity index is 890. The fraction of sp³-hybridized carbons (Fsp3) is 0.333. The summed E-state index contributed by atoms with van der Waals surface area (Å²) in [5, 5.41) is 11.7. The first kappa shape index (κ1) is 18.4. The van der Waals surface area contributed by atoms with Crippen LogP contribution in [0.5, 0.6) is 0 Å². The van der Waals surface area contributed by atoms with Crippen molar-refractivity contribution in [3.05, 3.63) is 77.9 Å². The summed E-state index contributed by atoms with van der Waals surface area (Å²) in [5.41, 5.74) is 1.75. The van der Waals surface area contributed by atoms with Crippen molar-refractivity contribution in [2.75, 3.05) is 19.6 Å². The minimum absolute atomic E-state index is 0.00933. The summed E-state index contributed by atoms with van der Waals surface area (Å²) in [5.74, 6) is -0.217. The smallest absolute Gasteiger partial charge is 0.166 e. The van der Waals surface area contributed by atoms with Crippen LogP contribution in [0.2, 0.25) is 0 Å². The Morgan fingerprint density at radius 1 is 1.07 bits per heavy atom. The highest BCUT2D eigenvalue weighted by atomic mass is 19.1. The molecule has 144 valence electrons. The number of piperidine rings is 1. The molecule has 1 atom stereocenters. The number of rotatable bonds is 6. The number of nitrogens with zero attached hydrogens (tertiary/aromatic N) is 5. The van der Waals surface area contributed by atoms with Crippen molar-refractivity contribution in [3.63, 3.8) is 0 Å². The van der Waals surface area contributed by atoms with Crippen molar-refractivity contribution in [2.24, 2.45) is 5.92 Å².